The molecule has 33 heavy (non-hydrogen) atoms. The lowest BCUT2D eigenvalue weighted by Gasteiger charge is -2.20. The van der Waals surface area contributed by atoms with Crippen LogP contribution < -0.4 is 14.4 Å². The molecule has 0 saturated heterocycles. The van der Waals surface area contributed by atoms with Crippen molar-refractivity contribution < 1.29 is 17.9 Å². The number of hydrogen-bond donors (Lipinski definition) is 1. The van der Waals surface area contributed by atoms with Crippen LogP contribution in [0.5, 0.6) is 5.75 Å². The third-order valence-corrected chi connectivity index (χ3v) is 7.74. The molecule has 3 aromatic carbocycles. The van der Waals surface area contributed by atoms with Crippen molar-refractivity contribution in [1.82, 2.24) is 0 Å². The summed E-state index contributed by atoms with van der Waals surface area (Å²) in [6.45, 7) is 6.01. The van der Waals surface area contributed by atoms with Gasteiger partial charge >= 0.3 is 0 Å². The summed E-state index contributed by atoms with van der Waals surface area (Å²) in [5.74, 6) is -0.0866. The van der Waals surface area contributed by atoms with Gasteiger partial charge in [-0.25, -0.2) is 8.42 Å². The molecule has 1 N–H and O–H groups in total. The van der Waals surface area contributed by atoms with Crippen molar-refractivity contribution in [3.05, 3.63) is 81.9 Å². The molecule has 0 aliphatic carbocycles. The number of para-hydroxylation sites is 1. The Morgan fingerprint density at radius 3 is 2.45 bits per heavy atom. The van der Waals surface area contributed by atoms with Crippen LogP contribution in [-0.4, -0.2) is 27.5 Å². The van der Waals surface area contributed by atoms with Gasteiger partial charge < -0.3 is 10.1 Å². The fraction of sp³-hybridized carbons (Fsp3) is 0.240. The molecule has 3 aromatic rings. The number of carbonyl (C=O) groups excluding carboxylic acids is 1. The number of rotatable bonds is 6. The smallest absolute Gasteiger partial charge is 0.264 e. The Hall–Kier alpha value is -3.03. The summed E-state index contributed by atoms with van der Waals surface area (Å²) in [5.41, 5.74) is 5.50. The number of fused-ring (bicyclic) bond motifs is 1. The summed E-state index contributed by atoms with van der Waals surface area (Å²) in [5, 5.41) is 2.99. The molecule has 0 fully saturated rings. The maximum absolute atomic E-state index is 13.2. The first-order valence-electron chi connectivity index (χ1n) is 10.6. The van der Waals surface area contributed by atoms with Crippen LogP contribution in [0.3, 0.4) is 0 Å². The van der Waals surface area contributed by atoms with E-state index < -0.39 is 10.0 Å². The van der Waals surface area contributed by atoms with Gasteiger partial charge in [-0.1, -0.05) is 47.5 Å². The van der Waals surface area contributed by atoms with Crippen LogP contribution >= 0.6 is 11.6 Å². The molecule has 0 atom stereocenters. The van der Waals surface area contributed by atoms with E-state index in [-0.39, 0.29) is 28.2 Å². The van der Waals surface area contributed by atoms with Crippen molar-refractivity contribution in [2.24, 2.45) is 0 Å². The molecule has 0 aromatic heterocycles. The first-order valence-corrected chi connectivity index (χ1v) is 12.4. The monoisotopic (exact) mass is 484 g/mol. The molecule has 0 spiro atoms. The van der Waals surface area contributed by atoms with Gasteiger partial charge in [0.15, 0.2) is 6.61 Å². The summed E-state index contributed by atoms with van der Waals surface area (Å²) in [6.07, 6.45) is 0.666. The van der Waals surface area contributed by atoms with E-state index in [0.717, 1.165) is 27.9 Å². The number of carbonyl (C=O) groups is 1. The molecule has 1 heterocycles. The molecular weight excluding hydrogens is 460 g/mol. The van der Waals surface area contributed by atoms with Crippen molar-refractivity contribution in [3.8, 4) is 5.75 Å². The summed E-state index contributed by atoms with van der Waals surface area (Å²) >= 11 is 6.31. The zero-order valence-corrected chi connectivity index (χ0v) is 20.3. The SMILES string of the molecule is Cc1cc(C)c(NC(=O)COc2ccc(S(=O)(=O)N3CCc4ccccc43)cc2Cl)c(C)c1. The quantitative estimate of drug-likeness (QED) is 0.532. The zero-order chi connectivity index (χ0) is 23.8. The Morgan fingerprint density at radius 1 is 1.06 bits per heavy atom. The van der Waals surface area contributed by atoms with Gasteiger partial charge in [0, 0.05) is 12.2 Å². The van der Waals surface area contributed by atoms with E-state index in [0.29, 0.717) is 18.7 Å². The molecule has 0 bridgehead atoms. The van der Waals surface area contributed by atoms with Crippen LogP contribution in [0.15, 0.2) is 59.5 Å². The number of benzene rings is 3. The second kappa shape index (κ2) is 9.08. The van der Waals surface area contributed by atoms with Gasteiger partial charge in [0.2, 0.25) is 0 Å². The minimum Gasteiger partial charge on any atom is -0.482 e. The van der Waals surface area contributed by atoms with E-state index in [2.05, 4.69) is 5.32 Å². The third kappa shape index (κ3) is 4.70. The van der Waals surface area contributed by atoms with Gasteiger partial charge in [0.05, 0.1) is 15.6 Å². The zero-order valence-electron chi connectivity index (χ0n) is 18.7. The van der Waals surface area contributed by atoms with Crippen LogP contribution in [0.1, 0.15) is 22.3 Å². The molecule has 6 nitrogen and oxygen atoms in total. The fourth-order valence-electron chi connectivity index (χ4n) is 4.14. The Balaban J connectivity index is 1.46. The van der Waals surface area contributed by atoms with E-state index in [1.165, 1.54) is 22.5 Å². The topological polar surface area (TPSA) is 75.7 Å². The largest absolute Gasteiger partial charge is 0.482 e. The van der Waals surface area contributed by atoms with Crippen LogP contribution in [0.25, 0.3) is 0 Å². The average Bonchev–Trinajstić information content (AvgIpc) is 3.20. The molecule has 0 unspecified atom stereocenters. The highest BCUT2D eigenvalue weighted by Crippen LogP contribution is 2.35. The van der Waals surface area contributed by atoms with E-state index in [4.69, 9.17) is 16.3 Å². The normalized spacial score (nSPS) is 13.0. The summed E-state index contributed by atoms with van der Waals surface area (Å²) in [6, 6.07) is 15.7. The summed E-state index contributed by atoms with van der Waals surface area (Å²) in [7, 11) is -3.76. The van der Waals surface area contributed by atoms with Crippen LogP contribution in [-0.2, 0) is 21.2 Å². The van der Waals surface area contributed by atoms with E-state index >= 15 is 0 Å². The minimum atomic E-state index is -3.76. The Bertz CT molecular complexity index is 1310. The first-order chi connectivity index (χ1) is 15.7. The minimum absolute atomic E-state index is 0.0758. The lowest BCUT2D eigenvalue weighted by Crippen LogP contribution is -2.29. The summed E-state index contributed by atoms with van der Waals surface area (Å²) in [4.78, 5) is 12.5. The number of halogens is 1. The molecule has 4 rings (SSSR count). The number of nitrogens with one attached hydrogen (secondary N) is 1. The molecule has 8 heteroatoms. The molecule has 172 valence electrons. The first kappa shape index (κ1) is 23.1. The number of anilines is 2. The van der Waals surface area contributed by atoms with Gasteiger partial charge in [-0.15, -0.1) is 0 Å². The van der Waals surface area contributed by atoms with Gasteiger partial charge in [0.25, 0.3) is 15.9 Å². The van der Waals surface area contributed by atoms with Gasteiger partial charge in [-0.2, -0.15) is 0 Å². The Kier molecular flexibility index (Phi) is 6.36. The van der Waals surface area contributed by atoms with Crippen molar-refractivity contribution in [3.63, 3.8) is 0 Å². The standard InChI is InChI=1S/C25H25ClN2O4S/c1-16-12-17(2)25(18(3)13-16)27-24(29)15-32-23-9-8-20(14-21(23)26)33(30,31)28-11-10-19-6-4-5-7-22(19)28/h4-9,12-14H,10-11,15H2,1-3H3,(H,27,29). The molecule has 1 amide bonds. The summed E-state index contributed by atoms with van der Waals surface area (Å²) < 4.78 is 33.3. The highest BCUT2D eigenvalue weighted by molar-refractivity contribution is 7.92. The van der Waals surface area contributed by atoms with Gasteiger partial charge in [0.1, 0.15) is 5.75 Å². The lowest BCUT2D eigenvalue weighted by atomic mass is 10.1. The molecule has 0 radical (unpaired) electrons. The van der Waals surface area contributed by atoms with Crippen molar-refractivity contribution in [2.75, 3.05) is 22.8 Å². The highest BCUT2D eigenvalue weighted by atomic mass is 35.5. The third-order valence-electron chi connectivity index (χ3n) is 5.64. The number of ether oxygens (including phenoxy) is 1. The number of nitrogens with zero attached hydrogens (tertiary/aromatic N) is 1. The molecular formula is C25H25ClN2O4S. The number of amides is 1. The predicted molar refractivity (Wildman–Crippen MR) is 131 cm³/mol. The second-order valence-corrected chi connectivity index (χ2v) is 10.4. The number of hydrogen-bond acceptors (Lipinski definition) is 4. The van der Waals surface area contributed by atoms with Crippen molar-refractivity contribution in [1.29, 1.82) is 0 Å². The molecule has 0 saturated carbocycles. The highest BCUT2D eigenvalue weighted by Gasteiger charge is 2.31. The van der Waals surface area contributed by atoms with E-state index in [1.54, 1.807) is 6.07 Å². The maximum Gasteiger partial charge on any atom is 0.264 e. The predicted octanol–water partition coefficient (Wildman–Crippen LogP) is 5.03. The average molecular weight is 485 g/mol. The van der Waals surface area contributed by atoms with E-state index in [9.17, 15) is 13.2 Å². The number of aryl methyl sites for hydroxylation is 3. The van der Waals surface area contributed by atoms with Crippen LogP contribution in [0.4, 0.5) is 11.4 Å². The van der Waals surface area contributed by atoms with Crippen molar-refractivity contribution >= 4 is 38.9 Å². The number of sulfonamides is 1. The van der Waals surface area contributed by atoms with E-state index in [1.807, 2.05) is 51.1 Å². The lowest BCUT2D eigenvalue weighted by molar-refractivity contribution is -0.118. The van der Waals surface area contributed by atoms with Gasteiger partial charge in [-0.05, 0) is 68.1 Å². The second-order valence-electron chi connectivity index (χ2n) is 8.16. The molecule has 1 aliphatic rings. The van der Waals surface area contributed by atoms with Crippen molar-refractivity contribution in [2.45, 2.75) is 32.1 Å². The maximum atomic E-state index is 13.2. The van der Waals surface area contributed by atoms with Crippen LogP contribution in [0, 0.1) is 20.8 Å². The van der Waals surface area contributed by atoms with Crippen LogP contribution in [0.2, 0.25) is 5.02 Å². The Labute approximate surface area is 199 Å². The Morgan fingerprint density at radius 2 is 1.76 bits per heavy atom. The fourth-order valence-corrected chi connectivity index (χ4v) is 5.97. The van der Waals surface area contributed by atoms with Gasteiger partial charge in [-0.3, -0.25) is 9.10 Å². The molecule has 1 aliphatic heterocycles.